The fraction of sp³-hybridized carbons (Fsp3) is 0.250. The van der Waals surface area contributed by atoms with Crippen molar-refractivity contribution >= 4 is 17.4 Å². The third kappa shape index (κ3) is 16.2. The molecule has 1 N–H and O–H groups in total. The average molecular weight is 432 g/mol. The molecule has 1 aromatic carbocycles. The van der Waals surface area contributed by atoms with E-state index in [-0.39, 0.29) is 161 Å². The number of halogens is 3. The van der Waals surface area contributed by atoms with Crippen LogP contribution in [0.1, 0.15) is 5.56 Å². The standard InChI is InChI=1S/C8H7F3O4S.BO3.3K/c9-8(10,11)16(13,14)15-7-3-1-6(5-12)2-4-7;2-1(3)4;;;/h1-4,12H,5H2;;;;/q;-3;3*+1. The van der Waals surface area contributed by atoms with Crippen LogP contribution in [-0.4, -0.2) is 26.4 Å². The second kappa shape index (κ2) is 16.5. The molecule has 15 heteroatoms. The Labute approximate surface area is 258 Å². The fourth-order valence-electron chi connectivity index (χ4n) is 0.824. The van der Waals surface area contributed by atoms with E-state index < -0.39 is 28.7 Å². The summed E-state index contributed by atoms with van der Waals surface area (Å²) >= 11 is 0. The van der Waals surface area contributed by atoms with Crippen LogP contribution < -0.4 is 173 Å². The van der Waals surface area contributed by atoms with E-state index in [1.807, 2.05) is 0 Å². The zero-order chi connectivity index (χ0) is 16.0. The summed E-state index contributed by atoms with van der Waals surface area (Å²) in [4.78, 5) is 0. The van der Waals surface area contributed by atoms with E-state index in [0.717, 1.165) is 12.1 Å². The number of aliphatic hydroxyl groups is 1. The normalized spacial score (nSPS) is 9.87. The predicted molar refractivity (Wildman–Crippen MR) is 53.7 cm³/mol. The molecule has 0 aromatic heterocycles. The summed E-state index contributed by atoms with van der Waals surface area (Å²) in [6.07, 6.45) is 0. The first-order valence-electron chi connectivity index (χ1n) is 4.67. The summed E-state index contributed by atoms with van der Waals surface area (Å²) in [6.45, 7) is -0.299. The van der Waals surface area contributed by atoms with E-state index in [2.05, 4.69) is 4.18 Å². The predicted octanol–water partition coefficient (Wildman–Crippen LogP) is -11.5. The first-order valence-corrected chi connectivity index (χ1v) is 6.08. The molecule has 0 aliphatic carbocycles. The third-order valence-electron chi connectivity index (χ3n) is 1.60. The van der Waals surface area contributed by atoms with E-state index >= 15 is 0 Å². The van der Waals surface area contributed by atoms with Gasteiger partial charge in [0, 0.05) is 0 Å². The summed E-state index contributed by atoms with van der Waals surface area (Å²) in [5.74, 6) is -0.463. The molecule has 0 fully saturated rings. The van der Waals surface area contributed by atoms with Crippen LogP contribution >= 0.6 is 0 Å². The zero-order valence-corrected chi connectivity index (χ0v) is 22.7. The van der Waals surface area contributed by atoms with Crippen LogP contribution in [-0.2, 0) is 16.7 Å². The molecule has 0 saturated carbocycles. The minimum absolute atomic E-state index is 0. The molecule has 114 valence electrons. The maximum atomic E-state index is 11.9. The second-order valence-corrected chi connectivity index (χ2v) is 4.61. The van der Waals surface area contributed by atoms with Gasteiger partial charge in [0.05, 0.1) is 6.61 Å². The Bertz CT molecular complexity index is 510. The second-order valence-electron chi connectivity index (χ2n) is 3.07. The maximum Gasteiger partial charge on any atom is 1.00 e. The molecule has 23 heavy (non-hydrogen) atoms. The van der Waals surface area contributed by atoms with Gasteiger partial charge in [0.15, 0.2) is 0 Å². The molecule has 0 unspecified atom stereocenters. The van der Waals surface area contributed by atoms with Crippen molar-refractivity contribution in [3.63, 3.8) is 0 Å². The Morgan fingerprint density at radius 2 is 1.39 bits per heavy atom. The molecule has 0 spiro atoms. The van der Waals surface area contributed by atoms with Crippen molar-refractivity contribution in [3.05, 3.63) is 29.8 Å². The summed E-state index contributed by atoms with van der Waals surface area (Å²) in [5.41, 5.74) is -5.03. The molecule has 0 radical (unpaired) electrons. The van der Waals surface area contributed by atoms with E-state index in [4.69, 9.17) is 20.2 Å². The van der Waals surface area contributed by atoms with E-state index in [1.165, 1.54) is 12.1 Å². The summed E-state index contributed by atoms with van der Waals surface area (Å²) < 4.78 is 60.7. The van der Waals surface area contributed by atoms with Gasteiger partial charge in [-0.25, -0.2) is 0 Å². The van der Waals surface area contributed by atoms with Crippen molar-refractivity contribution in [1.29, 1.82) is 0 Å². The van der Waals surface area contributed by atoms with Crippen LogP contribution in [0.15, 0.2) is 24.3 Å². The van der Waals surface area contributed by atoms with Gasteiger partial charge >= 0.3 is 170 Å². The average Bonchev–Trinajstić information content (AvgIpc) is 2.27. The van der Waals surface area contributed by atoms with Crippen molar-refractivity contribution in [2.45, 2.75) is 12.1 Å². The van der Waals surface area contributed by atoms with Crippen molar-refractivity contribution in [2.24, 2.45) is 0 Å². The Hall–Kier alpha value is 3.57. The third-order valence-corrected chi connectivity index (χ3v) is 2.57. The summed E-state index contributed by atoms with van der Waals surface area (Å²) in [5, 5.41) is 33.9. The SMILES string of the molecule is O=S(=O)(Oc1ccc(CO)cc1)C(F)(F)F.[K+].[K+].[K+].[O-]B([O-])[O-]. The molecule has 0 amide bonds. The zero-order valence-electron chi connectivity index (χ0n) is 12.5. The van der Waals surface area contributed by atoms with Gasteiger partial charge in [0.1, 0.15) is 5.75 Å². The van der Waals surface area contributed by atoms with Crippen LogP contribution in [0.3, 0.4) is 0 Å². The van der Waals surface area contributed by atoms with Gasteiger partial charge in [-0.05, 0) is 17.7 Å². The van der Waals surface area contributed by atoms with Crippen molar-refractivity contribution in [3.8, 4) is 5.75 Å². The van der Waals surface area contributed by atoms with Crippen LogP contribution in [0.2, 0.25) is 0 Å². The molecule has 0 aliphatic heterocycles. The minimum atomic E-state index is -5.63. The number of alkyl halides is 3. The Balaban J connectivity index is -0.000000232. The van der Waals surface area contributed by atoms with E-state index in [9.17, 15) is 21.6 Å². The first kappa shape index (κ1) is 34.1. The topological polar surface area (TPSA) is 133 Å². The summed E-state index contributed by atoms with van der Waals surface area (Å²) in [6, 6.07) is 4.55. The summed E-state index contributed by atoms with van der Waals surface area (Å²) in [7, 11) is -8.55. The molecule has 0 aliphatic rings. The van der Waals surface area contributed by atoms with Crippen LogP contribution in [0.4, 0.5) is 13.2 Å². The van der Waals surface area contributed by atoms with Gasteiger partial charge in [0.25, 0.3) is 0 Å². The minimum Gasteiger partial charge on any atom is -0.907 e. The number of aliphatic hydroxyl groups excluding tert-OH is 1. The van der Waals surface area contributed by atoms with Crippen molar-refractivity contribution in [1.82, 2.24) is 0 Å². The number of hydrogen-bond donors (Lipinski definition) is 1. The molecular weight excluding hydrogens is 425 g/mol. The first-order chi connectivity index (χ1) is 8.99. The van der Waals surface area contributed by atoms with Crippen LogP contribution in [0.25, 0.3) is 0 Å². The smallest absolute Gasteiger partial charge is 0.907 e. The number of hydrogen-bond acceptors (Lipinski definition) is 7. The molecule has 0 bridgehead atoms. The Morgan fingerprint density at radius 3 is 1.65 bits per heavy atom. The molecular formula is C8H7BF3K3O7S. The van der Waals surface area contributed by atoms with Gasteiger partial charge in [-0.1, -0.05) is 12.1 Å². The van der Waals surface area contributed by atoms with Crippen LogP contribution in [0.5, 0.6) is 5.75 Å². The maximum absolute atomic E-state index is 11.9. The van der Waals surface area contributed by atoms with Gasteiger partial charge in [-0.15, -0.1) is 0 Å². The molecule has 0 atom stereocenters. The molecule has 1 aromatic rings. The van der Waals surface area contributed by atoms with Crippen molar-refractivity contribution in [2.75, 3.05) is 0 Å². The quantitative estimate of drug-likeness (QED) is 0.285. The fourth-order valence-corrected chi connectivity index (χ4v) is 1.28. The largest absolute Gasteiger partial charge is 1.00 e. The number of rotatable bonds is 3. The van der Waals surface area contributed by atoms with Gasteiger partial charge in [-0.2, -0.15) is 21.6 Å². The Morgan fingerprint density at radius 1 is 1.04 bits per heavy atom. The molecule has 0 saturated heterocycles. The van der Waals surface area contributed by atoms with Crippen LogP contribution in [0, 0.1) is 0 Å². The van der Waals surface area contributed by atoms with Crippen molar-refractivity contribution < 1.29 is 200 Å². The monoisotopic (exact) mass is 432 g/mol. The van der Waals surface area contributed by atoms with E-state index in [1.54, 1.807) is 0 Å². The molecule has 0 heterocycles. The van der Waals surface area contributed by atoms with Gasteiger partial charge in [-0.3, -0.25) is 7.32 Å². The molecule has 1 rings (SSSR count). The van der Waals surface area contributed by atoms with E-state index in [0.29, 0.717) is 5.56 Å². The van der Waals surface area contributed by atoms with Gasteiger partial charge < -0.3 is 24.4 Å². The Kier molecular flexibility index (Phi) is 24.5. The van der Waals surface area contributed by atoms with Gasteiger partial charge in [0.2, 0.25) is 0 Å². The molecule has 7 nitrogen and oxygen atoms in total. The number of benzene rings is 1.